The predicted octanol–water partition coefficient (Wildman–Crippen LogP) is 3.05. The molecule has 0 aliphatic heterocycles. The van der Waals surface area contributed by atoms with E-state index >= 15 is 0 Å². The lowest BCUT2D eigenvalue weighted by atomic mass is 10.3. The van der Waals surface area contributed by atoms with E-state index in [4.69, 9.17) is 5.73 Å². The molecule has 1 heterocycles. The Morgan fingerprint density at radius 2 is 2.29 bits per heavy atom. The largest absolute Gasteiger partial charge is 0.398 e. The minimum atomic E-state index is -0.169. The molecule has 1 aromatic carbocycles. The SMILES string of the molecule is Cc1ncc(C(=O)Nc2ccc(Br)c(N)c2)s1. The highest BCUT2D eigenvalue weighted by molar-refractivity contribution is 9.10. The fourth-order valence-electron chi connectivity index (χ4n) is 1.28. The van der Waals surface area contributed by atoms with Crippen LogP contribution in [0.15, 0.2) is 28.9 Å². The molecule has 0 atom stereocenters. The molecule has 2 aromatic rings. The first kappa shape index (κ1) is 12.1. The number of benzene rings is 1. The summed E-state index contributed by atoms with van der Waals surface area (Å²) >= 11 is 4.66. The van der Waals surface area contributed by atoms with Crippen molar-refractivity contribution in [1.82, 2.24) is 4.98 Å². The summed E-state index contributed by atoms with van der Waals surface area (Å²) < 4.78 is 0.809. The van der Waals surface area contributed by atoms with Crippen LogP contribution in [0, 0.1) is 6.92 Å². The lowest BCUT2D eigenvalue weighted by molar-refractivity contribution is 0.103. The highest BCUT2D eigenvalue weighted by Crippen LogP contribution is 2.23. The summed E-state index contributed by atoms with van der Waals surface area (Å²) in [6, 6.07) is 5.28. The number of amides is 1. The van der Waals surface area contributed by atoms with E-state index in [0.29, 0.717) is 16.3 Å². The van der Waals surface area contributed by atoms with Gasteiger partial charge >= 0.3 is 0 Å². The average Bonchev–Trinajstić information content (AvgIpc) is 2.70. The molecule has 0 spiro atoms. The van der Waals surface area contributed by atoms with Gasteiger partial charge in [-0.2, -0.15) is 0 Å². The molecule has 88 valence electrons. The van der Waals surface area contributed by atoms with Gasteiger partial charge in [0, 0.05) is 15.8 Å². The van der Waals surface area contributed by atoms with Crippen molar-refractivity contribution in [1.29, 1.82) is 0 Å². The quantitative estimate of drug-likeness (QED) is 0.838. The van der Waals surface area contributed by atoms with E-state index in [2.05, 4.69) is 26.2 Å². The number of hydrogen-bond donors (Lipinski definition) is 2. The zero-order chi connectivity index (χ0) is 12.4. The zero-order valence-electron chi connectivity index (χ0n) is 9.03. The summed E-state index contributed by atoms with van der Waals surface area (Å²) in [6.07, 6.45) is 1.57. The van der Waals surface area contributed by atoms with Gasteiger partial charge in [-0.3, -0.25) is 4.79 Å². The molecule has 1 aromatic heterocycles. The second-order valence-corrected chi connectivity index (χ2v) is 5.52. The maximum absolute atomic E-state index is 11.8. The number of anilines is 2. The number of aromatic nitrogens is 1. The smallest absolute Gasteiger partial charge is 0.267 e. The lowest BCUT2D eigenvalue weighted by Gasteiger charge is -2.05. The van der Waals surface area contributed by atoms with Crippen LogP contribution in [0.25, 0.3) is 0 Å². The van der Waals surface area contributed by atoms with Gasteiger partial charge in [0.15, 0.2) is 0 Å². The van der Waals surface area contributed by atoms with Gasteiger partial charge in [0.1, 0.15) is 4.88 Å². The lowest BCUT2D eigenvalue weighted by Crippen LogP contribution is -2.10. The zero-order valence-corrected chi connectivity index (χ0v) is 11.4. The van der Waals surface area contributed by atoms with E-state index in [0.717, 1.165) is 9.48 Å². The number of halogens is 1. The van der Waals surface area contributed by atoms with Gasteiger partial charge in [-0.25, -0.2) is 4.98 Å². The molecule has 0 bridgehead atoms. The van der Waals surface area contributed by atoms with Crippen molar-refractivity contribution in [3.63, 3.8) is 0 Å². The molecule has 1 amide bonds. The Hall–Kier alpha value is -1.40. The van der Waals surface area contributed by atoms with E-state index < -0.39 is 0 Å². The van der Waals surface area contributed by atoms with Crippen LogP contribution in [0.3, 0.4) is 0 Å². The molecule has 2 rings (SSSR count). The molecule has 0 aliphatic carbocycles. The molecule has 0 saturated carbocycles. The molecule has 0 unspecified atom stereocenters. The molecule has 0 aliphatic rings. The fraction of sp³-hybridized carbons (Fsp3) is 0.0909. The van der Waals surface area contributed by atoms with E-state index in [1.807, 2.05) is 6.92 Å². The van der Waals surface area contributed by atoms with Gasteiger partial charge < -0.3 is 11.1 Å². The molecule has 0 saturated heterocycles. The van der Waals surface area contributed by atoms with Crippen molar-refractivity contribution in [3.05, 3.63) is 38.8 Å². The van der Waals surface area contributed by atoms with E-state index in [9.17, 15) is 4.79 Å². The van der Waals surface area contributed by atoms with Gasteiger partial charge in [-0.05, 0) is 41.1 Å². The van der Waals surface area contributed by atoms with E-state index in [1.165, 1.54) is 11.3 Å². The maximum Gasteiger partial charge on any atom is 0.267 e. The summed E-state index contributed by atoms with van der Waals surface area (Å²) in [4.78, 5) is 16.5. The number of thiazole rings is 1. The Labute approximate surface area is 111 Å². The van der Waals surface area contributed by atoms with Crippen molar-refractivity contribution in [2.24, 2.45) is 0 Å². The number of carbonyl (C=O) groups excluding carboxylic acids is 1. The summed E-state index contributed by atoms with van der Waals surface area (Å²) in [5.74, 6) is -0.169. The average molecular weight is 312 g/mol. The summed E-state index contributed by atoms with van der Waals surface area (Å²) in [5, 5.41) is 3.64. The normalized spacial score (nSPS) is 10.2. The number of nitrogens with one attached hydrogen (secondary N) is 1. The van der Waals surface area contributed by atoms with Gasteiger partial charge in [-0.15, -0.1) is 11.3 Å². The van der Waals surface area contributed by atoms with Crippen LogP contribution in [-0.4, -0.2) is 10.9 Å². The van der Waals surface area contributed by atoms with Crippen LogP contribution in [-0.2, 0) is 0 Å². The predicted molar refractivity (Wildman–Crippen MR) is 73.4 cm³/mol. The van der Waals surface area contributed by atoms with Crippen molar-refractivity contribution in [2.75, 3.05) is 11.1 Å². The maximum atomic E-state index is 11.8. The van der Waals surface area contributed by atoms with Crippen molar-refractivity contribution < 1.29 is 4.79 Å². The molecule has 6 heteroatoms. The summed E-state index contributed by atoms with van der Waals surface area (Å²) in [7, 11) is 0. The molecule has 17 heavy (non-hydrogen) atoms. The fourth-order valence-corrected chi connectivity index (χ4v) is 2.20. The Morgan fingerprint density at radius 1 is 1.53 bits per heavy atom. The number of nitrogens with zero attached hydrogens (tertiary/aromatic N) is 1. The van der Waals surface area contributed by atoms with Crippen LogP contribution in [0.2, 0.25) is 0 Å². The van der Waals surface area contributed by atoms with Crippen LogP contribution >= 0.6 is 27.3 Å². The van der Waals surface area contributed by atoms with E-state index in [1.54, 1.807) is 24.4 Å². The van der Waals surface area contributed by atoms with E-state index in [-0.39, 0.29) is 5.91 Å². The number of rotatable bonds is 2. The first-order chi connectivity index (χ1) is 8.06. The number of nitrogen functional groups attached to an aromatic ring is 1. The number of hydrogen-bond acceptors (Lipinski definition) is 4. The van der Waals surface area contributed by atoms with Gasteiger partial charge in [0.05, 0.1) is 11.2 Å². The van der Waals surface area contributed by atoms with Crippen LogP contribution in [0.1, 0.15) is 14.7 Å². The topological polar surface area (TPSA) is 68.0 Å². The van der Waals surface area contributed by atoms with Crippen molar-refractivity contribution >= 4 is 44.5 Å². The third-order valence-electron chi connectivity index (χ3n) is 2.10. The summed E-state index contributed by atoms with van der Waals surface area (Å²) in [6.45, 7) is 1.86. The van der Waals surface area contributed by atoms with Crippen LogP contribution in [0.4, 0.5) is 11.4 Å². The molecular weight excluding hydrogens is 302 g/mol. The minimum Gasteiger partial charge on any atom is -0.398 e. The molecular formula is C11H10BrN3OS. The number of carbonyl (C=O) groups is 1. The minimum absolute atomic E-state index is 0.169. The highest BCUT2D eigenvalue weighted by atomic mass is 79.9. The Bertz CT molecular complexity index is 568. The monoisotopic (exact) mass is 311 g/mol. The molecule has 3 N–H and O–H groups in total. The Balaban J connectivity index is 2.15. The second-order valence-electron chi connectivity index (χ2n) is 3.43. The first-order valence-corrected chi connectivity index (χ1v) is 6.46. The number of nitrogens with two attached hydrogens (primary N) is 1. The standard InChI is InChI=1S/C11H10BrN3OS/c1-6-14-5-10(17-6)11(16)15-7-2-3-8(12)9(13)4-7/h2-5H,13H2,1H3,(H,15,16). The molecule has 0 fully saturated rings. The van der Waals surface area contributed by atoms with Crippen LogP contribution < -0.4 is 11.1 Å². The van der Waals surface area contributed by atoms with Gasteiger partial charge in [0.25, 0.3) is 5.91 Å². The first-order valence-electron chi connectivity index (χ1n) is 4.85. The molecule has 0 radical (unpaired) electrons. The Morgan fingerprint density at radius 3 is 2.88 bits per heavy atom. The third-order valence-corrected chi connectivity index (χ3v) is 3.73. The number of aryl methyl sites for hydroxylation is 1. The third kappa shape index (κ3) is 2.83. The Kier molecular flexibility index (Phi) is 3.44. The summed E-state index contributed by atoms with van der Waals surface area (Å²) in [5.41, 5.74) is 6.99. The second kappa shape index (κ2) is 4.85. The van der Waals surface area contributed by atoms with Crippen molar-refractivity contribution in [3.8, 4) is 0 Å². The van der Waals surface area contributed by atoms with Gasteiger partial charge in [-0.1, -0.05) is 0 Å². The highest BCUT2D eigenvalue weighted by Gasteiger charge is 2.09. The molecule has 4 nitrogen and oxygen atoms in total. The van der Waals surface area contributed by atoms with Crippen molar-refractivity contribution in [2.45, 2.75) is 6.92 Å². The van der Waals surface area contributed by atoms with Gasteiger partial charge in [0.2, 0.25) is 0 Å². The van der Waals surface area contributed by atoms with Crippen LogP contribution in [0.5, 0.6) is 0 Å².